The van der Waals surface area contributed by atoms with Crippen molar-refractivity contribution in [3.05, 3.63) is 81.2 Å². The van der Waals surface area contributed by atoms with E-state index < -0.39 is 0 Å². The molecule has 1 unspecified atom stereocenters. The Kier molecular flexibility index (Phi) is 7.18. The minimum atomic E-state index is -0.251. The second-order valence-electron chi connectivity index (χ2n) is 7.65. The van der Waals surface area contributed by atoms with Gasteiger partial charge < -0.3 is 5.32 Å². The zero-order valence-electron chi connectivity index (χ0n) is 19.0. The van der Waals surface area contributed by atoms with Crippen LogP contribution in [0, 0.1) is 6.92 Å². The Bertz CT molecular complexity index is 1350. The third-order valence-corrected chi connectivity index (χ3v) is 6.70. The molecule has 0 bridgehead atoms. The molecule has 0 fully saturated rings. The molecule has 1 amide bonds. The molecule has 0 aliphatic heterocycles. The predicted octanol–water partition coefficient (Wildman–Crippen LogP) is 3.47. The van der Waals surface area contributed by atoms with Gasteiger partial charge in [-0.1, -0.05) is 60.6 Å². The summed E-state index contributed by atoms with van der Waals surface area (Å²) >= 11 is 7.14. The number of thioether (sulfide) groups is 1. The van der Waals surface area contributed by atoms with Crippen LogP contribution in [0.3, 0.4) is 0 Å². The van der Waals surface area contributed by atoms with Crippen molar-refractivity contribution in [2.24, 2.45) is 7.05 Å². The van der Waals surface area contributed by atoms with E-state index in [1.165, 1.54) is 16.4 Å². The van der Waals surface area contributed by atoms with Crippen LogP contribution in [-0.4, -0.2) is 41.2 Å². The first-order valence-electron chi connectivity index (χ1n) is 10.7. The fourth-order valence-corrected chi connectivity index (χ4v) is 4.50. The number of tetrazole rings is 1. The number of hydrogen-bond donors (Lipinski definition) is 1. The molecule has 0 saturated carbocycles. The SMILES string of the molecule is CCC(NC(=O)CSc1nnnn1-c1c(C)n(C)n(-c2ccccc2)c1=O)c1ccc(Cl)cc1. The largest absolute Gasteiger partial charge is 0.349 e. The number of aromatic nitrogens is 6. The highest BCUT2D eigenvalue weighted by Crippen LogP contribution is 2.22. The number of para-hydroxylation sites is 1. The summed E-state index contributed by atoms with van der Waals surface area (Å²) in [5, 5.41) is 15.9. The lowest BCUT2D eigenvalue weighted by Gasteiger charge is -2.17. The highest BCUT2D eigenvalue weighted by Gasteiger charge is 2.22. The van der Waals surface area contributed by atoms with Gasteiger partial charge in [0, 0.05) is 12.1 Å². The minimum absolute atomic E-state index is 0.100. The average Bonchev–Trinajstić information content (AvgIpc) is 3.38. The summed E-state index contributed by atoms with van der Waals surface area (Å²) in [6, 6.07) is 16.6. The summed E-state index contributed by atoms with van der Waals surface area (Å²) in [5.41, 5.74) is 2.50. The molecule has 1 N–H and O–H groups in total. The second kappa shape index (κ2) is 10.3. The zero-order valence-corrected chi connectivity index (χ0v) is 20.5. The van der Waals surface area contributed by atoms with Crippen LogP contribution in [-0.2, 0) is 11.8 Å². The van der Waals surface area contributed by atoms with Crippen LogP contribution in [0.15, 0.2) is 64.5 Å². The Balaban J connectivity index is 1.52. The van der Waals surface area contributed by atoms with Crippen LogP contribution in [0.25, 0.3) is 11.4 Å². The Morgan fingerprint density at radius 1 is 1.15 bits per heavy atom. The number of halogens is 1. The van der Waals surface area contributed by atoms with Gasteiger partial charge in [0.05, 0.1) is 23.2 Å². The Morgan fingerprint density at radius 3 is 2.53 bits per heavy atom. The lowest BCUT2D eigenvalue weighted by atomic mass is 10.0. The van der Waals surface area contributed by atoms with Crippen LogP contribution in [0.2, 0.25) is 5.02 Å². The van der Waals surface area contributed by atoms with Gasteiger partial charge in [-0.15, -0.1) is 5.10 Å². The predicted molar refractivity (Wildman–Crippen MR) is 132 cm³/mol. The molecule has 4 aromatic rings. The van der Waals surface area contributed by atoms with Crippen LogP contribution in [0.1, 0.15) is 30.6 Å². The highest BCUT2D eigenvalue weighted by molar-refractivity contribution is 7.99. The maximum absolute atomic E-state index is 13.3. The van der Waals surface area contributed by atoms with E-state index in [-0.39, 0.29) is 23.3 Å². The number of hydrogen-bond acceptors (Lipinski definition) is 6. The van der Waals surface area contributed by atoms with E-state index in [1.807, 2.05) is 56.3 Å². The number of rotatable bonds is 8. The van der Waals surface area contributed by atoms with Gasteiger partial charge in [0.2, 0.25) is 11.1 Å². The molecule has 0 aliphatic rings. The van der Waals surface area contributed by atoms with Crippen molar-refractivity contribution < 1.29 is 4.79 Å². The number of carbonyl (C=O) groups excluding carboxylic acids is 1. The second-order valence-corrected chi connectivity index (χ2v) is 9.03. The maximum Gasteiger partial charge on any atom is 0.297 e. The first kappa shape index (κ1) is 23.8. The van der Waals surface area contributed by atoms with Crippen LogP contribution in [0.5, 0.6) is 0 Å². The quantitative estimate of drug-likeness (QED) is 0.374. The van der Waals surface area contributed by atoms with E-state index in [1.54, 1.807) is 28.5 Å². The van der Waals surface area contributed by atoms with E-state index in [2.05, 4.69) is 20.8 Å². The zero-order chi connectivity index (χ0) is 24.2. The molecular weight excluding hydrogens is 474 g/mol. The number of benzene rings is 2. The molecule has 2 heterocycles. The van der Waals surface area contributed by atoms with Gasteiger partial charge in [-0.3, -0.25) is 14.3 Å². The molecule has 0 radical (unpaired) electrons. The molecule has 1 atom stereocenters. The monoisotopic (exact) mass is 497 g/mol. The van der Waals surface area contributed by atoms with Crippen LogP contribution < -0.4 is 10.9 Å². The van der Waals surface area contributed by atoms with Crippen molar-refractivity contribution in [2.45, 2.75) is 31.5 Å². The van der Waals surface area contributed by atoms with E-state index in [0.717, 1.165) is 17.7 Å². The molecule has 176 valence electrons. The lowest BCUT2D eigenvalue weighted by molar-refractivity contribution is -0.119. The smallest absolute Gasteiger partial charge is 0.297 e. The standard InChI is InChI=1S/C23H24ClN7O2S/c1-4-19(16-10-12-17(24)13-11-16)25-20(32)14-34-23-26-27-28-30(23)21-15(2)29(3)31(22(21)33)18-8-6-5-7-9-18/h5-13,19H,4,14H2,1-3H3,(H,25,32). The van der Waals surface area contributed by atoms with E-state index in [4.69, 9.17) is 11.6 Å². The van der Waals surface area contributed by atoms with Gasteiger partial charge in [0.15, 0.2) is 5.69 Å². The molecule has 4 rings (SSSR count). The average molecular weight is 498 g/mol. The minimum Gasteiger partial charge on any atom is -0.349 e. The molecule has 2 aromatic heterocycles. The van der Waals surface area contributed by atoms with Crippen molar-refractivity contribution in [1.82, 2.24) is 34.9 Å². The van der Waals surface area contributed by atoms with Gasteiger partial charge in [0.25, 0.3) is 5.56 Å². The molecule has 0 aliphatic carbocycles. The number of carbonyl (C=O) groups is 1. The maximum atomic E-state index is 13.3. The highest BCUT2D eigenvalue weighted by atomic mass is 35.5. The summed E-state index contributed by atoms with van der Waals surface area (Å²) in [7, 11) is 1.81. The van der Waals surface area contributed by atoms with Gasteiger partial charge >= 0.3 is 0 Å². The third-order valence-electron chi connectivity index (χ3n) is 5.52. The van der Waals surface area contributed by atoms with Gasteiger partial charge in [-0.2, -0.15) is 4.68 Å². The number of nitrogens with one attached hydrogen (secondary N) is 1. The number of nitrogens with zero attached hydrogens (tertiary/aromatic N) is 6. The van der Waals surface area contributed by atoms with Crippen molar-refractivity contribution in [2.75, 3.05) is 5.75 Å². The van der Waals surface area contributed by atoms with Crippen molar-refractivity contribution in [3.63, 3.8) is 0 Å². The molecule has 0 saturated heterocycles. The summed E-state index contributed by atoms with van der Waals surface area (Å²) in [6.07, 6.45) is 0.734. The first-order valence-corrected chi connectivity index (χ1v) is 12.1. The number of amides is 1. The summed E-state index contributed by atoms with van der Waals surface area (Å²) < 4.78 is 4.71. The molecule has 11 heteroatoms. The van der Waals surface area contributed by atoms with E-state index >= 15 is 0 Å². The van der Waals surface area contributed by atoms with Crippen LogP contribution in [0.4, 0.5) is 0 Å². The van der Waals surface area contributed by atoms with Gasteiger partial charge in [0.1, 0.15) is 0 Å². The summed E-state index contributed by atoms with van der Waals surface area (Å²) in [5.74, 6) is -0.0590. The summed E-state index contributed by atoms with van der Waals surface area (Å²) in [4.78, 5) is 26.0. The normalized spacial score (nSPS) is 12.0. The Hall–Kier alpha value is -3.37. The Labute approximate surface area is 205 Å². The molecular formula is C23H24ClN7O2S. The Morgan fingerprint density at radius 2 is 1.85 bits per heavy atom. The lowest BCUT2D eigenvalue weighted by Crippen LogP contribution is -2.29. The van der Waals surface area contributed by atoms with Gasteiger partial charge in [-0.05, 0) is 53.6 Å². The third kappa shape index (κ3) is 4.78. The first-order chi connectivity index (χ1) is 16.4. The summed E-state index contributed by atoms with van der Waals surface area (Å²) in [6.45, 7) is 3.83. The van der Waals surface area contributed by atoms with Crippen LogP contribution >= 0.6 is 23.4 Å². The molecule has 0 spiro atoms. The van der Waals surface area contributed by atoms with Crippen molar-refractivity contribution in [1.29, 1.82) is 0 Å². The van der Waals surface area contributed by atoms with Crippen molar-refractivity contribution >= 4 is 29.3 Å². The molecule has 2 aromatic carbocycles. The molecule has 9 nitrogen and oxygen atoms in total. The van der Waals surface area contributed by atoms with E-state index in [9.17, 15) is 9.59 Å². The topological polar surface area (TPSA) is 99.6 Å². The van der Waals surface area contributed by atoms with Crippen molar-refractivity contribution in [3.8, 4) is 11.4 Å². The fourth-order valence-electron chi connectivity index (χ4n) is 3.69. The molecule has 34 heavy (non-hydrogen) atoms. The fraction of sp³-hybridized carbons (Fsp3) is 0.261. The van der Waals surface area contributed by atoms with E-state index in [0.29, 0.717) is 21.6 Å². The van der Waals surface area contributed by atoms with Gasteiger partial charge in [-0.25, -0.2) is 4.68 Å².